The Bertz CT molecular complexity index is 299. The first-order chi connectivity index (χ1) is 8.07. The van der Waals surface area contributed by atoms with Crippen LogP contribution >= 0.6 is 0 Å². The molecule has 0 saturated heterocycles. The van der Waals surface area contributed by atoms with Crippen molar-refractivity contribution in [3.8, 4) is 0 Å². The van der Waals surface area contributed by atoms with Gasteiger partial charge in [-0.3, -0.25) is 5.43 Å². The molecule has 0 bridgehead atoms. The van der Waals surface area contributed by atoms with Gasteiger partial charge in [-0.25, -0.2) is 10.8 Å². The molecule has 0 aliphatic heterocycles. The zero-order valence-electron chi connectivity index (χ0n) is 11.0. The van der Waals surface area contributed by atoms with Crippen molar-refractivity contribution in [3.05, 3.63) is 0 Å². The summed E-state index contributed by atoms with van der Waals surface area (Å²) >= 11 is 0. The van der Waals surface area contributed by atoms with E-state index in [1.807, 2.05) is 6.92 Å². The Kier molecular flexibility index (Phi) is 3.58. The van der Waals surface area contributed by atoms with Crippen molar-refractivity contribution < 1.29 is 4.74 Å². The van der Waals surface area contributed by atoms with E-state index in [-0.39, 0.29) is 11.5 Å². The first-order valence-corrected chi connectivity index (χ1v) is 6.50. The molecule has 0 aromatic rings. The lowest BCUT2D eigenvalue weighted by atomic mass is 9.65. The summed E-state index contributed by atoms with van der Waals surface area (Å²) < 4.78 is 5.69. The molecule has 2 unspecified atom stereocenters. The largest absolute Gasteiger partial charge is 0.378 e. The first-order valence-electron chi connectivity index (χ1n) is 6.50. The van der Waals surface area contributed by atoms with Crippen LogP contribution in [0.3, 0.4) is 0 Å². The van der Waals surface area contributed by atoms with Gasteiger partial charge in [0.15, 0.2) is 0 Å². The Hall–Kier alpha value is -0.810. The highest BCUT2D eigenvalue weighted by Crippen LogP contribution is 2.44. The average molecular weight is 240 g/mol. The molecule has 0 amide bonds. The van der Waals surface area contributed by atoms with Crippen LogP contribution in [0.5, 0.6) is 0 Å². The number of hydrogen-bond donors (Lipinski definition) is 3. The first kappa shape index (κ1) is 12.6. The minimum Gasteiger partial charge on any atom is -0.378 e. The quantitative estimate of drug-likeness (QED) is 0.294. The molecule has 2 aliphatic rings. The van der Waals surface area contributed by atoms with Gasteiger partial charge in [-0.15, -0.1) is 0 Å². The van der Waals surface area contributed by atoms with Crippen molar-refractivity contribution in [3.63, 3.8) is 0 Å². The van der Waals surface area contributed by atoms with Crippen molar-refractivity contribution >= 4 is 5.96 Å². The molecule has 0 spiro atoms. The van der Waals surface area contributed by atoms with E-state index in [1.165, 1.54) is 12.8 Å². The number of hydrogen-bond acceptors (Lipinski definition) is 3. The number of aliphatic imine (C=N–C) groups is 1. The van der Waals surface area contributed by atoms with Gasteiger partial charge in [-0.05, 0) is 26.2 Å². The van der Waals surface area contributed by atoms with Crippen LogP contribution in [0.2, 0.25) is 0 Å². The highest BCUT2D eigenvalue weighted by atomic mass is 16.5. The van der Waals surface area contributed by atoms with Crippen LogP contribution in [0.25, 0.3) is 0 Å². The minimum atomic E-state index is 0.101. The molecule has 0 aromatic carbocycles. The van der Waals surface area contributed by atoms with Gasteiger partial charge >= 0.3 is 0 Å². The molecule has 5 nitrogen and oxygen atoms in total. The molecule has 2 aliphatic carbocycles. The van der Waals surface area contributed by atoms with Crippen LogP contribution in [-0.4, -0.2) is 30.8 Å². The molecule has 17 heavy (non-hydrogen) atoms. The van der Waals surface area contributed by atoms with E-state index >= 15 is 0 Å². The molecule has 0 aromatic heterocycles. The second-order valence-electron chi connectivity index (χ2n) is 5.56. The summed E-state index contributed by atoms with van der Waals surface area (Å²) in [5.41, 5.74) is 2.76. The Balaban J connectivity index is 1.91. The number of nitrogens with zero attached hydrogens (tertiary/aromatic N) is 1. The molecule has 2 rings (SSSR count). The van der Waals surface area contributed by atoms with Crippen LogP contribution in [0.4, 0.5) is 0 Å². The van der Waals surface area contributed by atoms with Gasteiger partial charge in [0.2, 0.25) is 5.96 Å². The maximum absolute atomic E-state index is 5.69. The van der Waals surface area contributed by atoms with Gasteiger partial charge in [-0.2, -0.15) is 0 Å². The second kappa shape index (κ2) is 4.82. The van der Waals surface area contributed by atoms with Crippen molar-refractivity contribution in [1.82, 2.24) is 10.7 Å². The van der Waals surface area contributed by atoms with Gasteiger partial charge in [0.25, 0.3) is 0 Å². The number of ether oxygens (including phenoxy) is 1. The zero-order chi connectivity index (χ0) is 12.5. The van der Waals surface area contributed by atoms with Crippen LogP contribution in [0.15, 0.2) is 4.99 Å². The number of nitrogens with two attached hydrogens (primary N) is 1. The molecular formula is C12H24N4O. The maximum atomic E-state index is 5.69. The maximum Gasteiger partial charge on any atom is 0.206 e. The number of nitrogens with one attached hydrogen (secondary N) is 2. The van der Waals surface area contributed by atoms with Crippen LogP contribution in [0, 0.1) is 5.41 Å². The van der Waals surface area contributed by atoms with E-state index in [0.29, 0.717) is 12.1 Å². The van der Waals surface area contributed by atoms with E-state index in [0.717, 1.165) is 19.0 Å². The summed E-state index contributed by atoms with van der Waals surface area (Å²) in [7, 11) is 0. The van der Waals surface area contributed by atoms with Gasteiger partial charge in [0.05, 0.1) is 12.1 Å². The van der Waals surface area contributed by atoms with Crippen molar-refractivity contribution in [2.75, 3.05) is 6.61 Å². The Morgan fingerprint density at radius 1 is 1.47 bits per heavy atom. The Labute approximate surface area is 103 Å². The topological polar surface area (TPSA) is 71.7 Å². The van der Waals surface area contributed by atoms with Crippen LogP contribution in [0.1, 0.15) is 40.0 Å². The van der Waals surface area contributed by atoms with Gasteiger partial charge < -0.3 is 10.1 Å². The molecule has 0 radical (unpaired) electrons. The molecule has 2 fully saturated rings. The molecule has 2 saturated carbocycles. The highest BCUT2D eigenvalue weighted by molar-refractivity contribution is 5.80. The Morgan fingerprint density at radius 3 is 2.65 bits per heavy atom. The van der Waals surface area contributed by atoms with Crippen LogP contribution < -0.4 is 16.6 Å². The second-order valence-corrected chi connectivity index (χ2v) is 5.56. The summed E-state index contributed by atoms with van der Waals surface area (Å²) in [5.74, 6) is 6.21. The predicted octanol–water partition coefficient (Wildman–Crippen LogP) is 0.761. The third-order valence-electron chi connectivity index (χ3n) is 3.83. The number of hydrazine groups is 1. The predicted molar refractivity (Wildman–Crippen MR) is 68.5 cm³/mol. The molecule has 0 heterocycles. The third kappa shape index (κ3) is 2.72. The number of guanidine groups is 1. The Morgan fingerprint density at radius 2 is 2.18 bits per heavy atom. The lowest BCUT2D eigenvalue weighted by molar-refractivity contribution is -0.103. The molecule has 5 heteroatoms. The van der Waals surface area contributed by atoms with Crippen molar-refractivity contribution in [1.29, 1.82) is 0 Å². The summed E-state index contributed by atoms with van der Waals surface area (Å²) in [5, 5.41) is 3.30. The highest BCUT2D eigenvalue weighted by Gasteiger charge is 2.49. The number of rotatable bonds is 4. The summed E-state index contributed by atoms with van der Waals surface area (Å²) in [6, 6.07) is 0.854. The van der Waals surface area contributed by atoms with Gasteiger partial charge in [-0.1, -0.05) is 13.8 Å². The SMILES string of the molecule is CCOC1CC(N=C(NN)NC2CC2)C1(C)C. The van der Waals surface area contributed by atoms with E-state index in [2.05, 4.69) is 29.6 Å². The zero-order valence-corrected chi connectivity index (χ0v) is 11.0. The fourth-order valence-electron chi connectivity index (χ4n) is 2.26. The normalized spacial score (nSPS) is 31.9. The van der Waals surface area contributed by atoms with E-state index in [1.54, 1.807) is 0 Å². The smallest absolute Gasteiger partial charge is 0.206 e. The molecular weight excluding hydrogens is 216 g/mol. The van der Waals surface area contributed by atoms with E-state index < -0.39 is 0 Å². The fourth-order valence-corrected chi connectivity index (χ4v) is 2.26. The van der Waals surface area contributed by atoms with Crippen molar-refractivity contribution in [2.45, 2.75) is 58.2 Å². The summed E-state index contributed by atoms with van der Waals surface area (Å²) in [6.45, 7) is 7.22. The van der Waals surface area contributed by atoms with Crippen LogP contribution in [-0.2, 0) is 4.74 Å². The lowest BCUT2D eigenvalue weighted by Gasteiger charge is -2.49. The van der Waals surface area contributed by atoms with E-state index in [9.17, 15) is 0 Å². The average Bonchev–Trinajstić information content (AvgIpc) is 3.10. The van der Waals surface area contributed by atoms with Gasteiger partial charge in [0, 0.05) is 18.1 Å². The minimum absolute atomic E-state index is 0.101. The third-order valence-corrected chi connectivity index (χ3v) is 3.83. The molecule has 2 atom stereocenters. The van der Waals surface area contributed by atoms with Gasteiger partial charge in [0.1, 0.15) is 0 Å². The lowest BCUT2D eigenvalue weighted by Crippen LogP contribution is -2.55. The summed E-state index contributed by atoms with van der Waals surface area (Å²) in [4.78, 5) is 4.66. The summed E-state index contributed by atoms with van der Waals surface area (Å²) in [6.07, 6.45) is 3.74. The molecule has 98 valence electrons. The molecule has 4 N–H and O–H groups in total. The van der Waals surface area contributed by atoms with Crippen molar-refractivity contribution in [2.24, 2.45) is 16.3 Å². The standard InChI is InChI=1S/C12H24N4O/c1-4-17-10-7-9(12(10,2)3)15-11(16-13)14-8-5-6-8/h8-10H,4-7,13H2,1-3H3,(H2,14,15,16). The van der Waals surface area contributed by atoms with E-state index in [4.69, 9.17) is 10.6 Å². The monoisotopic (exact) mass is 240 g/mol. The fraction of sp³-hybridized carbons (Fsp3) is 0.917.